The van der Waals surface area contributed by atoms with E-state index in [4.69, 9.17) is 4.74 Å². The molecule has 4 saturated carbocycles. The molecule has 0 aliphatic heterocycles. The molecule has 0 saturated heterocycles. The average Bonchev–Trinajstić information content (AvgIpc) is 2.95. The van der Waals surface area contributed by atoms with Crippen molar-refractivity contribution in [2.45, 2.75) is 70.8 Å². The van der Waals surface area contributed by atoms with Crippen LogP contribution in [0.5, 0.6) is 5.88 Å². The van der Waals surface area contributed by atoms with Gasteiger partial charge in [0, 0.05) is 12.6 Å². The van der Waals surface area contributed by atoms with Crippen molar-refractivity contribution in [3.05, 3.63) is 11.8 Å². The Morgan fingerprint density at radius 3 is 2.35 bits per heavy atom. The number of aromatic nitrogens is 2. The van der Waals surface area contributed by atoms with E-state index in [9.17, 15) is 4.79 Å². The highest BCUT2D eigenvalue weighted by atomic mass is 16.5. The van der Waals surface area contributed by atoms with Gasteiger partial charge in [0.15, 0.2) is 0 Å². The summed E-state index contributed by atoms with van der Waals surface area (Å²) < 4.78 is 7.72. The predicted molar refractivity (Wildman–Crippen MR) is 101 cm³/mol. The Balaban J connectivity index is 1.47. The SMILES string of the molecule is CCC(CC)COc1c(C(=O)NC23CC4CC(CC(C4)C2)C3)cnn1C. The molecule has 0 aromatic carbocycles. The first-order chi connectivity index (χ1) is 12.5. The summed E-state index contributed by atoms with van der Waals surface area (Å²) in [5.74, 6) is 3.59. The van der Waals surface area contributed by atoms with Crippen LogP contribution >= 0.6 is 0 Å². The lowest BCUT2D eigenvalue weighted by atomic mass is 9.53. The molecule has 5 heteroatoms. The van der Waals surface area contributed by atoms with E-state index in [0.717, 1.165) is 49.9 Å². The third-order valence-electron chi connectivity index (χ3n) is 7.16. The second kappa shape index (κ2) is 6.90. The number of hydrogen-bond acceptors (Lipinski definition) is 3. The highest BCUT2D eigenvalue weighted by Crippen LogP contribution is 2.55. The number of amides is 1. The number of rotatable bonds is 7. The number of ether oxygens (including phenoxy) is 1. The van der Waals surface area contributed by atoms with Crippen molar-refractivity contribution in [1.82, 2.24) is 15.1 Å². The molecule has 0 spiro atoms. The minimum absolute atomic E-state index is 0.000373. The first-order valence-corrected chi connectivity index (χ1v) is 10.5. The highest BCUT2D eigenvalue weighted by Gasteiger charge is 2.51. The van der Waals surface area contributed by atoms with E-state index in [1.54, 1.807) is 10.9 Å². The van der Waals surface area contributed by atoms with Crippen molar-refractivity contribution in [2.24, 2.45) is 30.7 Å². The molecule has 5 rings (SSSR count). The van der Waals surface area contributed by atoms with Gasteiger partial charge in [-0.15, -0.1) is 0 Å². The molecule has 5 nitrogen and oxygen atoms in total. The van der Waals surface area contributed by atoms with Gasteiger partial charge >= 0.3 is 0 Å². The van der Waals surface area contributed by atoms with Gasteiger partial charge in [-0.1, -0.05) is 26.7 Å². The number of carbonyl (C=O) groups excluding carboxylic acids is 1. The van der Waals surface area contributed by atoms with Crippen LogP contribution in [-0.2, 0) is 7.05 Å². The second-order valence-corrected chi connectivity index (χ2v) is 9.13. The Hall–Kier alpha value is -1.52. The maximum atomic E-state index is 13.1. The number of nitrogens with zero attached hydrogens (tertiary/aromatic N) is 2. The lowest BCUT2D eigenvalue weighted by Crippen LogP contribution is -2.59. The molecule has 4 bridgehead atoms. The van der Waals surface area contributed by atoms with Gasteiger partial charge in [-0.2, -0.15) is 5.10 Å². The van der Waals surface area contributed by atoms with Gasteiger partial charge in [0.05, 0.1) is 12.8 Å². The van der Waals surface area contributed by atoms with Crippen molar-refractivity contribution in [1.29, 1.82) is 0 Å². The minimum atomic E-state index is -0.000373. The van der Waals surface area contributed by atoms with E-state index in [1.807, 2.05) is 7.05 Å². The number of carbonyl (C=O) groups is 1. The summed E-state index contributed by atoms with van der Waals surface area (Å²) in [7, 11) is 1.85. The Bertz CT molecular complexity index is 627. The third-order valence-corrected chi connectivity index (χ3v) is 7.16. The van der Waals surface area contributed by atoms with Crippen LogP contribution in [0.2, 0.25) is 0 Å². The summed E-state index contributed by atoms with van der Waals surface area (Å²) in [4.78, 5) is 13.1. The fraction of sp³-hybridized carbons (Fsp3) is 0.810. The summed E-state index contributed by atoms with van der Waals surface area (Å²) in [6.07, 6.45) is 11.5. The summed E-state index contributed by atoms with van der Waals surface area (Å²) in [5, 5.41) is 7.73. The fourth-order valence-electron chi connectivity index (χ4n) is 6.05. The molecule has 144 valence electrons. The fourth-order valence-corrected chi connectivity index (χ4v) is 6.05. The number of nitrogens with one attached hydrogen (secondary N) is 1. The van der Waals surface area contributed by atoms with Crippen molar-refractivity contribution in [3.8, 4) is 5.88 Å². The van der Waals surface area contributed by atoms with Crippen LogP contribution in [0.1, 0.15) is 75.6 Å². The summed E-state index contributed by atoms with van der Waals surface area (Å²) in [6.45, 7) is 5.01. The van der Waals surface area contributed by atoms with Crippen molar-refractivity contribution in [3.63, 3.8) is 0 Å². The second-order valence-electron chi connectivity index (χ2n) is 9.13. The van der Waals surface area contributed by atoms with Crippen LogP contribution in [0.15, 0.2) is 6.20 Å². The summed E-state index contributed by atoms with van der Waals surface area (Å²) in [5.41, 5.74) is 0.614. The highest BCUT2D eigenvalue weighted by molar-refractivity contribution is 5.96. The van der Waals surface area contributed by atoms with Gasteiger partial charge in [0.2, 0.25) is 5.88 Å². The smallest absolute Gasteiger partial charge is 0.258 e. The molecular weight excluding hydrogens is 326 g/mol. The van der Waals surface area contributed by atoms with Crippen LogP contribution in [0.25, 0.3) is 0 Å². The molecular formula is C21H33N3O2. The summed E-state index contributed by atoms with van der Waals surface area (Å²) >= 11 is 0. The average molecular weight is 360 g/mol. The molecule has 4 fully saturated rings. The molecule has 0 radical (unpaired) electrons. The normalized spacial score (nSPS) is 32.2. The molecule has 1 N–H and O–H groups in total. The van der Waals surface area contributed by atoms with E-state index in [-0.39, 0.29) is 11.4 Å². The zero-order valence-electron chi connectivity index (χ0n) is 16.5. The lowest BCUT2D eigenvalue weighted by Gasteiger charge is -2.56. The molecule has 1 aromatic rings. The van der Waals surface area contributed by atoms with E-state index < -0.39 is 0 Å². The van der Waals surface area contributed by atoms with Crippen LogP contribution in [-0.4, -0.2) is 27.8 Å². The Morgan fingerprint density at radius 1 is 1.23 bits per heavy atom. The molecule has 1 heterocycles. The first kappa shape index (κ1) is 17.9. The van der Waals surface area contributed by atoms with Crippen LogP contribution < -0.4 is 10.1 Å². The zero-order chi connectivity index (χ0) is 18.3. The third kappa shape index (κ3) is 3.25. The largest absolute Gasteiger partial charge is 0.477 e. The predicted octanol–water partition coefficient (Wildman–Crippen LogP) is 3.93. The minimum Gasteiger partial charge on any atom is -0.477 e. The summed E-state index contributed by atoms with van der Waals surface area (Å²) in [6, 6.07) is 0. The van der Waals surface area contributed by atoms with Gasteiger partial charge in [0.25, 0.3) is 5.91 Å². The van der Waals surface area contributed by atoms with Crippen LogP contribution in [0, 0.1) is 23.7 Å². The quantitative estimate of drug-likeness (QED) is 0.802. The van der Waals surface area contributed by atoms with Crippen LogP contribution in [0.4, 0.5) is 0 Å². The van der Waals surface area contributed by atoms with E-state index in [2.05, 4.69) is 24.3 Å². The molecule has 4 aliphatic rings. The van der Waals surface area contributed by atoms with Gasteiger partial charge in [-0.25, -0.2) is 4.68 Å². The van der Waals surface area contributed by atoms with Gasteiger partial charge in [0.1, 0.15) is 5.56 Å². The molecule has 1 aromatic heterocycles. The molecule has 0 atom stereocenters. The molecule has 26 heavy (non-hydrogen) atoms. The van der Waals surface area contributed by atoms with Crippen molar-refractivity contribution >= 4 is 5.91 Å². The zero-order valence-corrected chi connectivity index (χ0v) is 16.5. The first-order valence-electron chi connectivity index (χ1n) is 10.5. The van der Waals surface area contributed by atoms with Crippen molar-refractivity contribution < 1.29 is 9.53 Å². The standard InChI is InChI=1S/C21H33N3O2/c1-4-14(5-2)13-26-20-18(12-22-24(20)3)19(25)23-21-9-15-6-16(10-21)8-17(7-15)11-21/h12,14-17H,4-11,13H2,1-3H3,(H,23,25). The maximum Gasteiger partial charge on any atom is 0.258 e. The lowest BCUT2D eigenvalue weighted by molar-refractivity contribution is -0.0167. The van der Waals surface area contributed by atoms with Crippen molar-refractivity contribution in [2.75, 3.05) is 6.61 Å². The Kier molecular flexibility index (Phi) is 4.74. The molecule has 1 amide bonds. The maximum absolute atomic E-state index is 13.1. The number of hydrogen-bond donors (Lipinski definition) is 1. The van der Waals surface area contributed by atoms with Gasteiger partial charge in [-0.3, -0.25) is 4.79 Å². The molecule has 0 unspecified atom stereocenters. The Labute approximate surface area is 156 Å². The van der Waals surface area contributed by atoms with E-state index in [0.29, 0.717) is 24.0 Å². The van der Waals surface area contributed by atoms with Gasteiger partial charge in [-0.05, 0) is 62.2 Å². The number of aryl methyl sites for hydroxylation is 1. The Morgan fingerprint density at radius 2 is 1.81 bits per heavy atom. The van der Waals surface area contributed by atoms with E-state index in [1.165, 1.54) is 19.3 Å². The topological polar surface area (TPSA) is 56.1 Å². The van der Waals surface area contributed by atoms with Crippen LogP contribution in [0.3, 0.4) is 0 Å². The molecule has 4 aliphatic carbocycles. The van der Waals surface area contributed by atoms with E-state index >= 15 is 0 Å². The monoisotopic (exact) mass is 359 g/mol. The van der Waals surface area contributed by atoms with Gasteiger partial charge < -0.3 is 10.1 Å².